The maximum absolute atomic E-state index is 12.1. The molecule has 1 amide bonds. The summed E-state index contributed by atoms with van der Waals surface area (Å²) in [5.74, 6) is 2.07. The first-order valence-corrected chi connectivity index (χ1v) is 5.68. The molecule has 2 heterocycles. The molecule has 0 aliphatic heterocycles. The number of amides is 1. The molecule has 2 rings (SSSR count). The minimum absolute atomic E-state index is 0.118. The van der Waals surface area contributed by atoms with Crippen LogP contribution in [0.2, 0.25) is 0 Å². The molecule has 2 aromatic heterocycles. The average Bonchev–Trinajstić information content (AvgIpc) is 2.97. The van der Waals surface area contributed by atoms with Crippen molar-refractivity contribution >= 4 is 5.91 Å². The zero-order valence-electron chi connectivity index (χ0n) is 10.5. The lowest BCUT2D eigenvalue weighted by Gasteiger charge is -2.14. The normalized spacial score (nSPS) is 10.6. The molecule has 0 fully saturated rings. The second kappa shape index (κ2) is 5.10. The number of furan rings is 2. The third kappa shape index (κ3) is 2.62. The molecule has 0 unspecified atom stereocenters. The van der Waals surface area contributed by atoms with E-state index in [9.17, 15) is 4.79 Å². The Bertz CT molecular complexity index is 542. The largest absolute Gasteiger partial charge is 0.467 e. The highest BCUT2D eigenvalue weighted by molar-refractivity contribution is 5.93. The Morgan fingerprint density at radius 1 is 1.39 bits per heavy atom. The minimum atomic E-state index is -0.118. The number of carbonyl (C=O) groups excluding carboxylic acids is 1. The van der Waals surface area contributed by atoms with Gasteiger partial charge in [-0.3, -0.25) is 4.79 Å². The molecule has 0 aliphatic rings. The van der Waals surface area contributed by atoms with Gasteiger partial charge in [-0.25, -0.2) is 0 Å². The van der Waals surface area contributed by atoms with E-state index in [4.69, 9.17) is 14.6 Å². The van der Waals surface area contributed by atoms with E-state index in [0.29, 0.717) is 17.9 Å². The molecule has 0 saturated heterocycles. The molecule has 2 N–H and O–H groups in total. The summed E-state index contributed by atoms with van der Waals surface area (Å²) in [6, 6.07) is 5.39. The average molecular weight is 248 g/mol. The molecule has 0 aromatic carbocycles. The van der Waals surface area contributed by atoms with Gasteiger partial charge in [0.15, 0.2) is 0 Å². The Labute approximate surface area is 105 Å². The van der Waals surface area contributed by atoms with Gasteiger partial charge in [-0.15, -0.1) is 0 Å². The highest BCUT2D eigenvalue weighted by Gasteiger charge is 2.15. The smallest absolute Gasteiger partial charge is 0.257 e. The molecule has 0 spiro atoms. The first-order valence-electron chi connectivity index (χ1n) is 5.68. The van der Waals surface area contributed by atoms with E-state index in [1.165, 1.54) is 6.26 Å². The Kier molecular flexibility index (Phi) is 3.53. The molecule has 0 aliphatic carbocycles. The monoisotopic (exact) mass is 248 g/mol. The summed E-state index contributed by atoms with van der Waals surface area (Å²) in [4.78, 5) is 13.6. The number of aryl methyl sites for hydroxylation is 1. The van der Waals surface area contributed by atoms with Crippen molar-refractivity contribution in [1.29, 1.82) is 0 Å². The van der Waals surface area contributed by atoms with Crippen LogP contribution in [0.4, 0.5) is 0 Å². The third-order valence-corrected chi connectivity index (χ3v) is 2.64. The van der Waals surface area contributed by atoms with Crippen molar-refractivity contribution in [2.24, 2.45) is 5.73 Å². The summed E-state index contributed by atoms with van der Waals surface area (Å²) in [6.07, 6.45) is 1.43. The molecular formula is C13H16N2O3. The van der Waals surface area contributed by atoms with Gasteiger partial charge in [-0.1, -0.05) is 0 Å². The predicted octanol–water partition coefficient (Wildman–Crippen LogP) is 1.91. The van der Waals surface area contributed by atoms with Gasteiger partial charge in [-0.2, -0.15) is 0 Å². The van der Waals surface area contributed by atoms with Gasteiger partial charge in [0.05, 0.1) is 18.7 Å². The molecule has 96 valence electrons. The second-order valence-electron chi connectivity index (χ2n) is 4.18. The van der Waals surface area contributed by atoms with Gasteiger partial charge in [0, 0.05) is 7.05 Å². The van der Waals surface area contributed by atoms with Gasteiger partial charge in [0.2, 0.25) is 0 Å². The zero-order valence-corrected chi connectivity index (χ0v) is 10.5. The number of nitrogens with zero attached hydrogens (tertiary/aromatic N) is 1. The highest BCUT2D eigenvalue weighted by atomic mass is 16.3. The Morgan fingerprint density at radius 3 is 2.72 bits per heavy atom. The summed E-state index contributed by atoms with van der Waals surface area (Å²) in [6.45, 7) is 2.58. The van der Waals surface area contributed by atoms with Gasteiger partial charge in [-0.05, 0) is 25.1 Å². The number of hydrogen-bond acceptors (Lipinski definition) is 4. The van der Waals surface area contributed by atoms with Crippen LogP contribution < -0.4 is 5.73 Å². The summed E-state index contributed by atoms with van der Waals surface area (Å²) in [5, 5.41) is 0. The molecule has 5 nitrogen and oxygen atoms in total. The molecule has 2 aromatic rings. The fourth-order valence-electron chi connectivity index (χ4n) is 1.70. The van der Waals surface area contributed by atoms with Crippen molar-refractivity contribution < 1.29 is 13.6 Å². The number of nitrogens with two attached hydrogens (primary N) is 1. The standard InChI is InChI=1S/C13H16N2O3/c1-9-3-4-11(18-9)7-15(2)13(16)10-5-12(6-14)17-8-10/h3-5,8H,6-7,14H2,1-2H3. The van der Waals surface area contributed by atoms with E-state index in [1.54, 1.807) is 18.0 Å². The number of rotatable bonds is 4. The van der Waals surface area contributed by atoms with Crippen molar-refractivity contribution in [2.75, 3.05) is 7.05 Å². The topological polar surface area (TPSA) is 72.6 Å². The fraction of sp³-hybridized carbons (Fsp3) is 0.308. The number of carbonyl (C=O) groups is 1. The lowest BCUT2D eigenvalue weighted by atomic mass is 10.2. The summed E-state index contributed by atoms with van der Waals surface area (Å²) >= 11 is 0. The van der Waals surface area contributed by atoms with Crippen molar-refractivity contribution in [1.82, 2.24) is 4.90 Å². The van der Waals surface area contributed by atoms with Crippen LogP contribution in [0.3, 0.4) is 0 Å². The van der Waals surface area contributed by atoms with Crippen LogP contribution in [-0.4, -0.2) is 17.9 Å². The van der Waals surface area contributed by atoms with E-state index in [0.717, 1.165) is 11.5 Å². The third-order valence-electron chi connectivity index (χ3n) is 2.64. The first kappa shape index (κ1) is 12.4. The minimum Gasteiger partial charge on any atom is -0.467 e. The maximum Gasteiger partial charge on any atom is 0.257 e. The van der Waals surface area contributed by atoms with E-state index in [2.05, 4.69) is 0 Å². The van der Waals surface area contributed by atoms with Crippen LogP contribution in [0, 0.1) is 6.92 Å². The summed E-state index contributed by atoms with van der Waals surface area (Å²) in [7, 11) is 1.72. The fourth-order valence-corrected chi connectivity index (χ4v) is 1.70. The van der Waals surface area contributed by atoms with Crippen molar-refractivity contribution in [2.45, 2.75) is 20.0 Å². The van der Waals surface area contributed by atoms with Crippen molar-refractivity contribution in [3.8, 4) is 0 Å². The summed E-state index contributed by atoms with van der Waals surface area (Å²) in [5.41, 5.74) is 5.93. The Balaban J connectivity index is 2.04. The van der Waals surface area contributed by atoms with E-state index < -0.39 is 0 Å². The maximum atomic E-state index is 12.1. The van der Waals surface area contributed by atoms with E-state index >= 15 is 0 Å². The van der Waals surface area contributed by atoms with Crippen LogP contribution in [0.1, 0.15) is 27.6 Å². The van der Waals surface area contributed by atoms with Crippen LogP contribution >= 0.6 is 0 Å². The number of hydrogen-bond donors (Lipinski definition) is 1. The van der Waals surface area contributed by atoms with E-state index in [1.807, 2.05) is 19.1 Å². The lowest BCUT2D eigenvalue weighted by Crippen LogP contribution is -2.25. The molecule has 5 heteroatoms. The first-order chi connectivity index (χ1) is 8.60. The molecule has 0 saturated carbocycles. The van der Waals surface area contributed by atoms with Crippen molar-refractivity contribution in [3.63, 3.8) is 0 Å². The Morgan fingerprint density at radius 2 is 2.17 bits per heavy atom. The van der Waals surface area contributed by atoms with Gasteiger partial charge in [0.25, 0.3) is 5.91 Å². The van der Waals surface area contributed by atoms with Crippen LogP contribution in [0.5, 0.6) is 0 Å². The van der Waals surface area contributed by atoms with E-state index in [-0.39, 0.29) is 12.5 Å². The zero-order chi connectivity index (χ0) is 13.1. The molecule has 0 radical (unpaired) electrons. The Hall–Kier alpha value is -2.01. The summed E-state index contributed by atoms with van der Waals surface area (Å²) < 4.78 is 10.6. The molecule has 0 bridgehead atoms. The lowest BCUT2D eigenvalue weighted by molar-refractivity contribution is 0.0774. The van der Waals surface area contributed by atoms with Crippen LogP contribution in [-0.2, 0) is 13.1 Å². The molecule has 18 heavy (non-hydrogen) atoms. The van der Waals surface area contributed by atoms with Gasteiger partial charge < -0.3 is 19.5 Å². The van der Waals surface area contributed by atoms with Crippen molar-refractivity contribution in [3.05, 3.63) is 47.3 Å². The van der Waals surface area contributed by atoms with Crippen LogP contribution in [0.15, 0.2) is 33.3 Å². The van der Waals surface area contributed by atoms with Gasteiger partial charge in [0.1, 0.15) is 23.5 Å². The van der Waals surface area contributed by atoms with Gasteiger partial charge >= 0.3 is 0 Å². The predicted molar refractivity (Wildman–Crippen MR) is 65.8 cm³/mol. The second-order valence-corrected chi connectivity index (χ2v) is 4.18. The highest BCUT2D eigenvalue weighted by Crippen LogP contribution is 2.13. The molecule has 0 atom stereocenters. The van der Waals surface area contributed by atoms with Crippen LogP contribution in [0.25, 0.3) is 0 Å². The quantitative estimate of drug-likeness (QED) is 0.897. The SMILES string of the molecule is Cc1ccc(CN(C)C(=O)c2coc(CN)c2)o1. The molecular weight excluding hydrogens is 232 g/mol.